The highest BCUT2D eigenvalue weighted by Crippen LogP contribution is 2.20. The summed E-state index contributed by atoms with van der Waals surface area (Å²) >= 11 is 0. The number of carbonyl (C=O) groups excluding carboxylic acids is 2. The van der Waals surface area contributed by atoms with E-state index < -0.39 is 6.10 Å². The molecule has 3 aromatic carbocycles. The first-order valence-corrected chi connectivity index (χ1v) is 9.39. The lowest BCUT2D eigenvalue weighted by molar-refractivity contribution is -0.126. The van der Waals surface area contributed by atoms with Gasteiger partial charge in [0.05, 0.1) is 11.4 Å². The summed E-state index contributed by atoms with van der Waals surface area (Å²) in [6.07, 6.45) is 2.41. The summed E-state index contributed by atoms with van der Waals surface area (Å²) in [5, 5.41) is 5.57. The number of nitrogens with two attached hydrogens (primary N) is 1. The Morgan fingerprint density at radius 1 is 0.900 bits per heavy atom. The molecule has 3 aromatic rings. The number of nitrogens with one attached hydrogen (secondary N) is 2. The molecule has 0 aliphatic heterocycles. The molecule has 0 saturated heterocycles. The molecule has 0 bridgehead atoms. The van der Waals surface area contributed by atoms with E-state index in [0.29, 0.717) is 17.1 Å². The molecule has 0 unspecified atom stereocenters. The molecule has 0 aliphatic carbocycles. The highest BCUT2D eigenvalue weighted by molar-refractivity contribution is 6.03. The average Bonchev–Trinajstić information content (AvgIpc) is 2.76. The molecule has 0 fully saturated rings. The van der Waals surface area contributed by atoms with E-state index in [-0.39, 0.29) is 11.8 Å². The second-order valence-corrected chi connectivity index (χ2v) is 6.55. The first kappa shape index (κ1) is 20.8. The third-order valence-corrected chi connectivity index (χ3v) is 4.40. The molecule has 0 aromatic heterocycles. The highest BCUT2D eigenvalue weighted by atomic mass is 16.5. The molecule has 2 amide bonds. The summed E-state index contributed by atoms with van der Waals surface area (Å²) in [4.78, 5) is 24.6. The van der Waals surface area contributed by atoms with E-state index in [9.17, 15) is 9.59 Å². The maximum Gasteiger partial charge on any atom is 0.258 e. The Balaban J connectivity index is 1.59. The minimum absolute atomic E-state index is 0.258. The van der Waals surface area contributed by atoms with Crippen LogP contribution in [0.15, 0.2) is 84.9 Å². The lowest BCUT2D eigenvalue weighted by atomic mass is 10.1. The van der Waals surface area contributed by atoms with Crippen molar-refractivity contribution in [3.05, 3.63) is 96.1 Å². The Labute approximate surface area is 175 Å². The first-order valence-electron chi connectivity index (χ1n) is 9.39. The zero-order valence-electron chi connectivity index (χ0n) is 16.5. The van der Waals surface area contributed by atoms with E-state index >= 15 is 0 Å². The summed E-state index contributed by atoms with van der Waals surface area (Å²) in [6, 6.07) is 23.5. The second kappa shape index (κ2) is 10.0. The number of rotatable bonds is 7. The minimum atomic E-state index is -0.695. The van der Waals surface area contributed by atoms with E-state index in [1.54, 1.807) is 54.6 Å². The summed E-state index contributed by atoms with van der Waals surface area (Å²) in [7, 11) is 1.50. The van der Waals surface area contributed by atoms with Crippen molar-refractivity contribution in [3.63, 3.8) is 0 Å². The van der Waals surface area contributed by atoms with Gasteiger partial charge in [-0.15, -0.1) is 0 Å². The first-order chi connectivity index (χ1) is 14.6. The Morgan fingerprint density at radius 2 is 1.57 bits per heavy atom. The molecule has 0 saturated carbocycles. The third-order valence-electron chi connectivity index (χ3n) is 4.40. The molecule has 4 N–H and O–H groups in total. The number of benzene rings is 3. The number of para-hydroxylation sites is 2. The number of hydrogen-bond acceptors (Lipinski definition) is 4. The molecule has 6 heteroatoms. The van der Waals surface area contributed by atoms with Crippen molar-refractivity contribution in [2.45, 2.75) is 6.10 Å². The van der Waals surface area contributed by atoms with Crippen LogP contribution in [0.5, 0.6) is 0 Å². The van der Waals surface area contributed by atoms with Crippen LogP contribution in [0, 0.1) is 0 Å². The minimum Gasteiger partial charge on any atom is -0.397 e. The Kier molecular flexibility index (Phi) is 6.97. The van der Waals surface area contributed by atoms with E-state index in [0.717, 1.165) is 11.1 Å². The van der Waals surface area contributed by atoms with Crippen LogP contribution in [0.4, 0.5) is 17.1 Å². The fourth-order valence-corrected chi connectivity index (χ4v) is 2.86. The molecule has 0 aliphatic rings. The largest absolute Gasteiger partial charge is 0.397 e. The van der Waals surface area contributed by atoms with Crippen LogP contribution < -0.4 is 16.4 Å². The van der Waals surface area contributed by atoms with Crippen LogP contribution in [0.1, 0.15) is 17.2 Å². The van der Waals surface area contributed by atoms with Gasteiger partial charge in [-0.3, -0.25) is 9.59 Å². The number of carbonyl (C=O) groups is 2. The van der Waals surface area contributed by atoms with Crippen LogP contribution in [-0.4, -0.2) is 18.9 Å². The van der Waals surface area contributed by atoms with Crippen molar-refractivity contribution in [2.75, 3.05) is 23.5 Å². The van der Waals surface area contributed by atoms with Crippen molar-refractivity contribution < 1.29 is 14.3 Å². The number of hydrogen-bond donors (Lipinski definition) is 3. The van der Waals surface area contributed by atoms with E-state index in [1.807, 2.05) is 30.3 Å². The van der Waals surface area contributed by atoms with Gasteiger partial charge >= 0.3 is 0 Å². The van der Waals surface area contributed by atoms with Gasteiger partial charge in [-0.25, -0.2) is 0 Å². The van der Waals surface area contributed by atoms with Crippen molar-refractivity contribution in [1.29, 1.82) is 0 Å². The number of methoxy groups -OCH3 is 1. The lowest BCUT2D eigenvalue weighted by Crippen LogP contribution is -2.22. The summed E-state index contributed by atoms with van der Waals surface area (Å²) in [5.41, 5.74) is 9.12. The lowest BCUT2D eigenvalue weighted by Gasteiger charge is -2.15. The number of ether oxygens (including phenoxy) is 1. The molecule has 152 valence electrons. The predicted molar refractivity (Wildman–Crippen MR) is 120 cm³/mol. The SMILES string of the molecule is CO[C@H](C(=O)Nc1ccc(/C=C/C(=O)Nc2ccccc2N)cc1)c1ccccc1. The Bertz CT molecular complexity index is 1030. The van der Waals surface area contributed by atoms with Gasteiger partial charge in [0.1, 0.15) is 0 Å². The molecular weight excluding hydrogens is 378 g/mol. The Hall–Kier alpha value is -3.90. The number of nitrogen functional groups attached to an aromatic ring is 1. The van der Waals surface area contributed by atoms with Gasteiger partial charge in [0.2, 0.25) is 5.91 Å². The molecular formula is C24H23N3O3. The van der Waals surface area contributed by atoms with Gasteiger partial charge < -0.3 is 21.1 Å². The third kappa shape index (κ3) is 5.56. The Morgan fingerprint density at radius 3 is 2.23 bits per heavy atom. The van der Waals surface area contributed by atoms with Crippen LogP contribution >= 0.6 is 0 Å². The van der Waals surface area contributed by atoms with Gasteiger partial charge in [0.25, 0.3) is 5.91 Å². The standard InChI is InChI=1S/C24H23N3O3/c1-30-23(18-7-3-2-4-8-18)24(29)26-19-14-11-17(12-15-19)13-16-22(28)27-21-10-6-5-9-20(21)25/h2-16,23H,25H2,1H3,(H,26,29)(H,27,28)/b16-13+/t23-/m0/s1. The molecule has 3 rings (SSSR count). The highest BCUT2D eigenvalue weighted by Gasteiger charge is 2.19. The smallest absolute Gasteiger partial charge is 0.258 e. The zero-order chi connectivity index (χ0) is 21.3. The van der Waals surface area contributed by atoms with Gasteiger partial charge in [-0.2, -0.15) is 0 Å². The predicted octanol–water partition coefficient (Wildman–Crippen LogP) is 4.25. The van der Waals surface area contributed by atoms with Crippen molar-refractivity contribution in [1.82, 2.24) is 0 Å². The summed E-state index contributed by atoms with van der Waals surface area (Å²) < 4.78 is 5.34. The number of amides is 2. The normalized spacial score (nSPS) is 11.8. The van der Waals surface area contributed by atoms with Crippen molar-refractivity contribution >= 4 is 35.0 Å². The van der Waals surface area contributed by atoms with Gasteiger partial charge in [-0.1, -0.05) is 54.6 Å². The van der Waals surface area contributed by atoms with Crippen molar-refractivity contribution in [3.8, 4) is 0 Å². The molecule has 0 radical (unpaired) electrons. The van der Waals surface area contributed by atoms with Gasteiger partial charge in [-0.05, 0) is 41.5 Å². The zero-order valence-corrected chi connectivity index (χ0v) is 16.5. The molecule has 6 nitrogen and oxygen atoms in total. The fourth-order valence-electron chi connectivity index (χ4n) is 2.86. The maximum atomic E-state index is 12.5. The molecule has 0 spiro atoms. The molecule has 0 heterocycles. The van der Waals surface area contributed by atoms with Crippen LogP contribution in [-0.2, 0) is 14.3 Å². The topological polar surface area (TPSA) is 93.4 Å². The summed E-state index contributed by atoms with van der Waals surface area (Å²) in [6.45, 7) is 0. The monoisotopic (exact) mass is 401 g/mol. The van der Waals surface area contributed by atoms with E-state index in [2.05, 4.69) is 10.6 Å². The van der Waals surface area contributed by atoms with E-state index in [1.165, 1.54) is 13.2 Å². The van der Waals surface area contributed by atoms with Gasteiger partial charge in [0.15, 0.2) is 6.10 Å². The molecule has 30 heavy (non-hydrogen) atoms. The number of anilines is 3. The maximum absolute atomic E-state index is 12.5. The van der Waals surface area contributed by atoms with Crippen LogP contribution in [0.3, 0.4) is 0 Å². The fraction of sp³-hybridized carbons (Fsp3) is 0.0833. The van der Waals surface area contributed by atoms with Crippen LogP contribution in [0.25, 0.3) is 6.08 Å². The quantitative estimate of drug-likeness (QED) is 0.408. The average molecular weight is 401 g/mol. The van der Waals surface area contributed by atoms with E-state index in [4.69, 9.17) is 10.5 Å². The summed E-state index contributed by atoms with van der Waals surface area (Å²) in [5.74, 6) is -0.539. The van der Waals surface area contributed by atoms with Crippen LogP contribution in [0.2, 0.25) is 0 Å². The second-order valence-electron chi connectivity index (χ2n) is 6.55. The molecule has 1 atom stereocenters. The van der Waals surface area contributed by atoms with Crippen molar-refractivity contribution in [2.24, 2.45) is 0 Å². The van der Waals surface area contributed by atoms with Gasteiger partial charge in [0, 0.05) is 18.9 Å².